The SMILES string of the molecule is CC(C)(C)OC(=O)N[C@@H]1C(=O)N2C(C(=O)OC(c3ccccc3)c3ccccc3)=C(/C=C\Sc3ccc4nccn4n3)CS(=O)[C@H]12. The number of hydrogen-bond acceptors (Lipinski definition) is 9. The molecule has 4 heterocycles. The van der Waals surface area contributed by atoms with Crippen LogP contribution < -0.4 is 5.32 Å². The van der Waals surface area contributed by atoms with Gasteiger partial charge in [0.25, 0.3) is 5.91 Å². The number of rotatable bonds is 8. The van der Waals surface area contributed by atoms with E-state index in [0.717, 1.165) is 11.1 Å². The first kappa shape index (κ1) is 31.2. The van der Waals surface area contributed by atoms with Crippen molar-refractivity contribution in [3.8, 4) is 0 Å². The van der Waals surface area contributed by atoms with Gasteiger partial charge in [-0.2, -0.15) is 5.10 Å². The molecule has 2 aromatic carbocycles. The molecule has 13 heteroatoms. The van der Waals surface area contributed by atoms with Crippen molar-refractivity contribution in [1.82, 2.24) is 24.8 Å². The quantitative estimate of drug-likeness (QED) is 0.162. The van der Waals surface area contributed by atoms with Gasteiger partial charge in [-0.25, -0.2) is 19.1 Å². The van der Waals surface area contributed by atoms with Crippen LogP contribution in [0.25, 0.3) is 5.65 Å². The summed E-state index contributed by atoms with van der Waals surface area (Å²) in [5, 5.41) is 8.44. The van der Waals surface area contributed by atoms with Gasteiger partial charge in [0, 0.05) is 12.4 Å². The Hall–Kier alpha value is -4.75. The molecule has 1 N–H and O–H groups in total. The van der Waals surface area contributed by atoms with Crippen molar-refractivity contribution in [3.05, 3.63) is 119 Å². The standard InChI is InChI=1S/C33H31N5O6S2/c1-33(2,3)44-32(41)35-26-29(39)38-27(31(40)43-28(21-10-6-4-7-11-21)22-12-8-5-9-13-22)23(20-46(42)30(26)38)16-19-45-25-15-14-24-34-17-18-37(24)36-25/h4-19,26,28,30H,20H2,1-3H3,(H,35,41)/b19-16-/t26-,30-,46?/m1/s1. The second kappa shape index (κ2) is 12.9. The fourth-order valence-electron chi connectivity index (χ4n) is 5.15. The zero-order valence-electron chi connectivity index (χ0n) is 25.2. The van der Waals surface area contributed by atoms with Gasteiger partial charge in [0.2, 0.25) is 0 Å². The van der Waals surface area contributed by atoms with E-state index in [-0.39, 0.29) is 11.4 Å². The third kappa shape index (κ3) is 6.60. The van der Waals surface area contributed by atoms with E-state index in [9.17, 15) is 18.6 Å². The normalized spacial score (nSPS) is 19.7. The van der Waals surface area contributed by atoms with Gasteiger partial charge in [0.05, 0.1) is 16.6 Å². The number of benzene rings is 2. The first-order valence-corrected chi connectivity index (χ1v) is 16.7. The third-order valence-corrected chi connectivity index (χ3v) is 9.49. The number of esters is 1. The summed E-state index contributed by atoms with van der Waals surface area (Å²) >= 11 is 1.29. The highest BCUT2D eigenvalue weighted by Gasteiger charge is 2.57. The Morgan fingerprint density at radius 1 is 1.04 bits per heavy atom. The van der Waals surface area contributed by atoms with Crippen LogP contribution in [-0.4, -0.2) is 64.4 Å². The maximum atomic E-state index is 14.1. The first-order chi connectivity index (χ1) is 22.1. The van der Waals surface area contributed by atoms with Crippen LogP contribution >= 0.6 is 11.8 Å². The summed E-state index contributed by atoms with van der Waals surface area (Å²) in [6.07, 6.45) is 3.45. The first-order valence-electron chi connectivity index (χ1n) is 14.5. The topological polar surface area (TPSA) is 132 Å². The number of carbonyl (C=O) groups excluding carboxylic acids is 3. The number of β-lactam (4-membered cyclic amide) rings is 1. The Morgan fingerprint density at radius 3 is 2.37 bits per heavy atom. The second-order valence-corrected chi connectivity index (χ2v) is 14.0. The molecule has 6 rings (SSSR count). The largest absolute Gasteiger partial charge is 0.448 e. The van der Waals surface area contributed by atoms with Crippen molar-refractivity contribution in [3.63, 3.8) is 0 Å². The molecule has 0 saturated carbocycles. The van der Waals surface area contributed by atoms with Gasteiger partial charge < -0.3 is 14.8 Å². The number of carbonyl (C=O) groups is 3. The smallest absolute Gasteiger partial charge is 0.408 e. The van der Waals surface area contributed by atoms with Gasteiger partial charge in [-0.3, -0.25) is 13.9 Å². The van der Waals surface area contributed by atoms with Crippen LogP contribution in [0.3, 0.4) is 0 Å². The molecule has 4 aromatic rings. The summed E-state index contributed by atoms with van der Waals surface area (Å²) in [6.45, 7) is 5.10. The molecule has 236 valence electrons. The summed E-state index contributed by atoms with van der Waals surface area (Å²) in [4.78, 5) is 45.6. The lowest BCUT2D eigenvalue weighted by molar-refractivity contribution is -0.153. The highest BCUT2D eigenvalue weighted by Crippen LogP contribution is 2.38. The highest BCUT2D eigenvalue weighted by molar-refractivity contribution is 8.02. The van der Waals surface area contributed by atoms with Crippen LogP contribution in [0, 0.1) is 0 Å². The van der Waals surface area contributed by atoms with E-state index in [4.69, 9.17) is 9.47 Å². The number of nitrogens with zero attached hydrogens (tertiary/aromatic N) is 4. The molecule has 11 nitrogen and oxygen atoms in total. The molecule has 0 bridgehead atoms. The Labute approximate surface area is 272 Å². The number of thioether (sulfide) groups is 1. The highest BCUT2D eigenvalue weighted by atomic mass is 32.2. The molecule has 0 spiro atoms. The maximum Gasteiger partial charge on any atom is 0.408 e. The fraction of sp³-hybridized carbons (Fsp3) is 0.242. The lowest BCUT2D eigenvalue weighted by atomic mass is 10.0. The average molecular weight is 658 g/mol. The number of amides is 2. The molecule has 1 saturated heterocycles. The van der Waals surface area contributed by atoms with Crippen molar-refractivity contribution in [2.45, 2.75) is 48.9 Å². The predicted molar refractivity (Wildman–Crippen MR) is 173 cm³/mol. The molecule has 1 fully saturated rings. The van der Waals surface area contributed by atoms with Gasteiger partial charge in [-0.1, -0.05) is 72.4 Å². The van der Waals surface area contributed by atoms with E-state index < -0.39 is 51.9 Å². The maximum absolute atomic E-state index is 14.1. The fourth-order valence-corrected chi connectivity index (χ4v) is 7.45. The van der Waals surface area contributed by atoms with E-state index in [1.807, 2.05) is 72.8 Å². The molecule has 0 aliphatic carbocycles. The molecule has 46 heavy (non-hydrogen) atoms. The number of hydrogen-bond donors (Lipinski definition) is 1. The molecule has 2 amide bonds. The van der Waals surface area contributed by atoms with Gasteiger partial charge in [-0.05, 0) is 61.1 Å². The Kier molecular flexibility index (Phi) is 8.78. The van der Waals surface area contributed by atoms with Crippen molar-refractivity contribution in [1.29, 1.82) is 0 Å². The molecular formula is C33H31N5O6S2. The molecule has 2 aromatic heterocycles. The minimum Gasteiger partial charge on any atom is -0.448 e. The summed E-state index contributed by atoms with van der Waals surface area (Å²) in [7, 11) is -1.65. The van der Waals surface area contributed by atoms with E-state index in [2.05, 4.69) is 15.4 Å². The van der Waals surface area contributed by atoms with Crippen LogP contribution in [-0.2, 0) is 29.9 Å². The molecule has 2 aliphatic rings. The van der Waals surface area contributed by atoms with Gasteiger partial charge in [0.1, 0.15) is 27.7 Å². The monoisotopic (exact) mass is 657 g/mol. The van der Waals surface area contributed by atoms with Crippen molar-refractivity contribution in [2.75, 3.05) is 5.75 Å². The van der Waals surface area contributed by atoms with Crippen LogP contribution in [0.1, 0.15) is 38.0 Å². The number of imidazole rings is 1. The Bertz CT molecular complexity index is 1830. The van der Waals surface area contributed by atoms with E-state index in [1.165, 1.54) is 16.7 Å². The minimum absolute atomic E-state index is 0.0245. The van der Waals surface area contributed by atoms with Crippen LogP contribution in [0.4, 0.5) is 4.79 Å². The van der Waals surface area contributed by atoms with Crippen molar-refractivity contribution < 1.29 is 28.1 Å². The van der Waals surface area contributed by atoms with Crippen LogP contribution in [0.15, 0.2) is 113 Å². The lowest BCUT2D eigenvalue weighted by Crippen LogP contribution is -2.73. The zero-order chi connectivity index (χ0) is 32.4. The number of alkyl carbamates (subject to hydrolysis) is 1. The summed E-state index contributed by atoms with van der Waals surface area (Å²) in [6, 6.07) is 21.1. The average Bonchev–Trinajstić information content (AvgIpc) is 3.50. The molecule has 2 aliphatic heterocycles. The van der Waals surface area contributed by atoms with E-state index >= 15 is 0 Å². The number of ether oxygens (including phenoxy) is 2. The second-order valence-electron chi connectivity index (χ2n) is 11.6. The minimum atomic E-state index is -1.65. The number of fused-ring (bicyclic) bond motifs is 2. The lowest BCUT2D eigenvalue weighted by Gasteiger charge is -2.49. The van der Waals surface area contributed by atoms with Crippen LogP contribution in [0.5, 0.6) is 0 Å². The number of nitrogens with one attached hydrogen (secondary N) is 1. The summed E-state index contributed by atoms with van der Waals surface area (Å²) < 4.78 is 26.7. The molecule has 1 unspecified atom stereocenters. The zero-order valence-corrected chi connectivity index (χ0v) is 26.9. The molecule has 0 radical (unpaired) electrons. The molecular weight excluding hydrogens is 627 g/mol. The van der Waals surface area contributed by atoms with Crippen molar-refractivity contribution in [2.24, 2.45) is 0 Å². The van der Waals surface area contributed by atoms with Gasteiger partial charge in [-0.15, -0.1) is 0 Å². The summed E-state index contributed by atoms with van der Waals surface area (Å²) in [5.41, 5.74) is 1.72. The Balaban J connectivity index is 1.33. The Morgan fingerprint density at radius 2 is 1.72 bits per heavy atom. The number of aromatic nitrogens is 3. The van der Waals surface area contributed by atoms with Crippen molar-refractivity contribution >= 4 is 46.2 Å². The van der Waals surface area contributed by atoms with Gasteiger partial charge >= 0.3 is 12.1 Å². The predicted octanol–water partition coefficient (Wildman–Crippen LogP) is 4.75. The van der Waals surface area contributed by atoms with E-state index in [0.29, 0.717) is 16.2 Å². The number of allylic oxidation sites excluding steroid dienone is 1. The summed E-state index contributed by atoms with van der Waals surface area (Å²) in [5.74, 6) is -1.39. The van der Waals surface area contributed by atoms with Crippen LogP contribution in [0.2, 0.25) is 0 Å². The molecule has 3 atom stereocenters. The van der Waals surface area contributed by atoms with Gasteiger partial charge in [0.15, 0.2) is 11.8 Å². The van der Waals surface area contributed by atoms with E-state index in [1.54, 1.807) is 49.2 Å². The third-order valence-electron chi connectivity index (χ3n) is 7.14.